The zero-order valence-corrected chi connectivity index (χ0v) is 14.0. The first kappa shape index (κ1) is 15.1. The highest BCUT2D eigenvalue weighted by molar-refractivity contribution is 5.38. The van der Waals surface area contributed by atoms with E-state index in [-0.39, 0.29) is 0 Å². The van der Waals surface area contributed by atoms with Crippen molar-refractivity contribution in [3.8, 4) is 0 Å². The van der Waals surface area contributed by atoms with Gasteiger partial charge in [0.1, 0.15) is 0 Å². The van der Waals surface area contributed by atoms with E-state index in [0.29, 0.717) is 11.5 Å². The minimum atomic E-state index is 0.342. The molecule has 3 rings (SSSR count). The van der Waals surface area contributed by atoms with Gasteiger partial charge in [0.05, 0.1) is 0 Å². The van der Waals surface area contributed by atoms with E-state index in [4.69, 9.17) is 0 Å². The average Bonchev–Trinajstić information content (AvgIpc) is 2.48. The van der Waals surface area contributed by atoms with Crippen LogP contribution in [0.25, 0.3) is 0 Å². The summed E-state index contributed by atoms with van der Waals surface area (Å²) in [5.41, 5.74) is 3.46. The van der Waals surface area contributed by atoms with E-state index < -0.39 is 0 Å². The van der Waals surface area contributed by atoms with E-state index in [2.05, 4.69) is 50.4 Å². The summed E-state index contributed by atoms with van der Waals surface area (Å²) in [7, 11) is 0. The molecule has 1 fully saturated rings. The molecule has 1 aromatic carbocycles. The van der Waals surface area contributed by atoms with Gasteiger partial charge < -0.3 is 5.32 Å². The van der Waals surface area contributed by atoms with Gasteiger partial charge in [-0.25, -0.2) is 0 Å². The fourth-order valence-corrected chi connectivity index (χ4v) is 4.27. The normalized spacial score (nSPS) is 31.7. The number of hydrogen-bond donors (Lipinski definition) is 1. The van der Waals surface area contributed by atoms with Gasteiger partial charge in [-0.1, -0.05) is 57.9 Å². The fraction of sp³-hybridized carbons (Fsp3) is 0.700. The molecule has 1 heteroatoms. The average molecular weight is 285 g/mol. The van der Waals surface area contributed by atoms with Crippen molar-refractivity contribution in [1.29, 1.82) is 0 Å². The van der Waals surface area contributed by atoms with Crippen LogP contribution in [0.4, 0.5) is 0 Å². The van der Waals surface area contributed by atoms with Gasteiger partial charge in [0, 0.05) is 6.04 Å². The van der Waals surface area contributed by atoms with Crippen LogP contribution >= 0.6 is 0 Å². The largest absolute Gasteiger partial charge is 0.310 e. The monoisotopic (exact) mass is 285 g/mol. The van der Waals surface area contributed by atoms with Crippen LogP contribution in [0, 0.1) is 11.8 Å². The zero-order chi connectivity index (χ0) is 14.9. The maximum Gasteiger partial charge on any atom is 0.0323 e. The van der Waals surface area contributed by atoms with E-state index >= 15 is 0 Å². The van der Waals surface area contributed by atoms with Crippen molar-refractivity contribution in [2.75, 3.05) is 6.54 Å². The van der Waals surface area contributed by atoms with Crippen molar-refractivity contribution in [1.82, 2.24) is 5.32 Å². The number of benzene rings is 1. The van der Waals surface area contributed by atoms with Crippen molar-refractivity contribution in [2.45, 2.75) is 70.8 Å². The van der Waals surface area contributed by atoms with E-state index in [9.17, 15) is 0 Å². The van der Waals surface area contributed by atoms with Crippen LogP contribution in [0.1, 0.15) is 76.5 Å². The Labute approximate surface area is 130 Å². The molecule has 0 aromatic heterocycles. The Hall–Kier alpha value is -0.820. The van der Waals surface area contributed by atoms with Crippen molar-refractivity contribution < 1.29 is 0 Å². The lowest BCUT2D eigenvalue weighted by atomic mass is 9.71. The third-order valence-corrected chi connectivity index (χ3v) is 5.91. The van der Waals surface area contributed by atoms with Gasteiger partial charge in [-0.05, 0) is 60.6 Å². The van der Waals surface area contributed by atoms with E-state index in [1.807, 2.05) is 0 Å². The van der Waals surface area contributed by atoms with Gasteiger partial charge in [0.15, 0.2) is 0 Å². The number of nitrogens with one attached hydrogen (secondary N) is 1. The predicted molar refractivity (Wildman–Crippen MR) is 90.6 cm³/mol. The first-order chi connectivity index (χ1) is 10.1. The molecule has 2 aliphatic carbocycles. The quantitative estimate of drug-likeness (QED) is 0.803. The van der Waals surface area contributed by atoms with E-state index in [1.165, 1.54) is 45.1 Å². The Kier molecular flexibility index (Phi) is 4.40. The molecule has 116 valence electrons. The van der Waals surface area contributed by atoms with Crippen molar-refractivity contribution >= 4 is 0 Å². The molecule has 0 radical (unpaired) electrons. The number of hydrogen-bond acceptors (Lipinski definition) is 1. The molecule has 1 aromatic rings. The van der Waals surface area contributed by atoms with Crippen LogP contribution in [-0.2, 0) is 5.41 Å². The first-order valence-corrected chi connectivity index (χ1v) is 8.89. The van der Waals surface area contributed by atoms with Gasteiger partial charge in [-0.15, -0.1) is 0 Å². The second-order valence-corrected chi connectivity index (χ2v) is 8.10. The van der Waals surface area contributed by atoms with E-state index in [1.54, 1.807) is 11.1 Å². The second-order valence-electron chi connectivity index (χ2n) is 8.10. The molecule has 1 N–H and O–H groups in total. The lowest BCUT2D eigenvalue weighted by Crippen LogP contribution is -2.35. The second kappa shape index (κ2) is 6.12. The Morgan fingerprint density at radius 2 is 1.76 bits per heavy atom. The molecule has 21 heavy (non-hydrogen) atoms. The third-order valence-electron chi connectivity index (χ3n) is 5.91. The molecule has 0 aliphatic heterocycles. The van der Waals surface area contributed by atoms with Gasteiger partial charge in [-0.3, -0.25) is 0 Å². The molecule has 0 spiro atoms. The lowest BCUT2D eigenvalue weighted by molar-refractivity contribution is 0.264. The van der Waals surface area contributed by atoms with Crippen LogP contribution in [-0.4, -0.2) is 6.54 Å². The summed E-state index contributed by atoms with van der Waals surface area (Å²) in [6.07, 6.45) is 8.29. The van der Waals surface area contributed by atoms with Crippen molar-refractivity contribution in [2.24, 2.45) is 11.8 Å². The smallest absolute Gasteiger partial charge is 0.0323 e. The first-order valence-electron chi connectivity index (χ1n) is 8.89. The van der Waals surface area contributed by atoms with Crippen LogP contribution in [0.2, 0.25) is 0 Å². The highest BCUT2D eigenvalue weighted by atomic mass is 14.9. The predicted octanol–water partition coefficient (Wildman–Crippen LogP) is 5.22. The molecule has 1 unspecified atom stereocenters. The molecular weight excluding hydrogens is 254 g/mol. The van der Waals surface area contributed by atoms with E-state index in [0.717, 1.165) is 11.8 Å². The molecular formula is C20H31N. The molecule has 0 bridgehead atoms. The molecule has 0 heterocycles. The molecule has 2 aliphatic rings. The van der Waals surface area contributed by atoms with Crippen LogP contribution in [0.3, 0.4) is 0 Å². The van der Waals surface area contributed by atoms with Gasteiger partial charge >= 0.3 is 0 Å². The Balaban J connectivity index is 1.64. The molecule has 1 nitrogen and oxygen atoms in total. The Morgan fingerprint density at radius 3 is 2.52 bits per heavy atom. The molecule has 1 atom stereocenters. The van der Waals surface area contributed by atoms with Crippen LogP contribution in [0.15, 0.2) is 24.3 Å². The van der Waals surface area contributed by atoms with Crippen LogP contribution < -0.4 is 5.32 Å². The van der Waals surface area contributed by atoms with Gasteiger partial charge in [0.25, 0.3) is 0 Å². The zero-order valence-electron chi connectivity index (χ0n) is 14.0. The topological polar surface area (TPSA) is 12.0 Å². The maximum absolute atomic E-state index is 3.90. The molecule has 0 saturated heterocycles. The summed E-state index contributed by atoms with van der Waals surface area (Å²) in [4.78, 5) is 0. The highest BCUT2D eigenvalue weighted by Gasteiger charge is 2.32. The summed E-state index contributed by atoms with van der Waals surface area (Å²) in [6, 6.07) is 9.67. The number of fused-ring (bicyclic) bond motifs is 1. The molecule has 0 amide bonds. The van der Waals surface area contributed by atoms with Crippen LogP contribution in [0.5, 0.6) is 0 Å². The van der Waals surface area contributed by atoms with Gasteiger partial charge in [0.2, 0.25) is 0 Å². The lowest BCUT2D eigenvalue weighted by Gasteiger charge is -2.38. The Bertz CT molecular complexity index is 468. The van der Waals surface area contributed by atoms with Gasteiger partial charge in [-0.2, -0.15) is 0 Å². The Morgan fingerprint density at radius 1 is 1.05 bits per heavy atom. The van der Waals surface area contributed by atoms with Crippen molar-refractivity contribution in [3.63, 3.8) is 0 Å². The third kappa shape index (κ3) is 3.34. The minimum absolute atomic E-state index is 0.342. The SMILES string of the molecule is CC1CCC(CNC2CCC(C)(C)c3ccccc32)CC1. The summed E-state index contributed by atoms with van der Waals surface area (Å²) in [5, 5.41) is 3.90. The summed E-state index contributed by atoms with van der Waals surface area (Å²) >= 11 is 0. The van der Waals surface area contributed by atoms with Crippen molar-refractivity contribution in [3.05, 3.63) is 35.4 Å². The number of rotatable bonds is 3. The highest BCUT2D eigenvalue weighted by Crippen LogP contribution is 2.41. The standard InChI is InChI=1S/C20H31N/c1-15-8-10-16(11-9-15)14-21-19-12-13-20(2,3)18-7-5-4-6-17(18)19/h4-7,15-16,19,21H,8-14H2,1-3H3. The minimum Gasteiger partial charge on any atom is -0.310 e. The molecule has 1 saturated carbocycles. The maximum atomic E-state index is 3.90. The summed E-state index contributed by atoms with van der Waals surface area (Å²) in [6.45, 7) is 8.41. The summed E-state index contributed by atoms with van der Waals surface area (Å²) in [5.74, 6) is 1.86. The summed E-state index contributed by atoms with van der Waals surface area (Å²) < 4.78 is 0. The fourth-order valence-electron chi connectivity index (χ4n) is 4.27.